The van der Waals surface area contributed by atoms with Gasteiger partial charge < -0.3 is 9.47 Å². The first-order valence-electron chi connectivity index (χ1n) is 9.89. The second kappa shape index (κ2) is 10.4. The summed E-state index contributed by atoms with van der Waals surface area (Å²) in [5, 5.41) is 10.7. The molecule has 2 aromatic carbocycles. The third kappa shape index (κ3) is 5.54. The molecule has 32 heavy (non-hydrogen) atoms. The average molecular weight is 469 g/mol. The standard InChI is InChI=1S/C23H21FN4O2S2/c1-3-30-19-10-7-16(12-20(19)29-2)22-25-18(13-31-22)14-32-23-26-21(27-28-23)11-6-15-4-8-17(24)9-5-15/h4-13H,3,14H2,1-2H3,(H,26,27,28)/b11-6+. The summed E-state index contributed by atoms with van der Waals surface area (Å²) in [6.07, 6.45) is 3.66. The maximum Gasteiger partial charge on any atom is 0.209 e. The van der Waals surface area contributed by atoms with Crippen molar-refractivity contribution in [2.75, 3.05) is 13.7 Å². The quantitative estimate of drug-likeness (QED) is 0.307. The normalized spacial score (nSPS) is 11.2. The molecular weight excluding hydrogens is 447 g/mol. The summed E-state index contributed by atoms with van der Waals surface area (Å²) >= 11 is 3.09. The van der Waals surface area contributed by atoms with E-state index < -0.39 is 0 Å². The van der Waals surface area contributed by atoms with Gasteiger partial charge in [-0.2, -0.15) is 0 Å². The van der Waals surface area contributed by atoms with Crippen molar-refractivity contribution in [1.29, 1.82) is 0 Å². The van der Waals surface area contributed by atoms with Gasteiger partial charge in [-0.3, -0.25) is 5.10 Å². The molecule has 0 saturated heterocycles. The summed E-state index contributed by atoms with van der Waals surface area (Å²) in [5.74, 6) is 2.45. The van der Waals surface area contributed by atoms with Gasteiger partial charge in [-0.05, 0) is 48.9 Å². The van der Waals surface area contributed by atoms with Crippen molar-refractivity contribution >= 4 is 35.3 Å². The summed E-state index contributed by atoms with van der Waals surface area (Å²) < 4.78 is 24.0. The minimum atomic E-state index is -0.257. The van der Waals surface area contributed by atoms with E-state index in [4.69, 9.17) is 14.5 Å². The number of hydrogen-bond acceptors (Lipinski definition) is 7. The van der Waals surface area contributed by atoms with Crippen LogP contribution in [0.5, 0.6) is 11.5 Å². The minimum absolute atomic E-state index is 0.257. The summed E-state index contributed by atoms with van der Waals surface area (Å²) in [7, 11) is 1.63. The van der Waals surface area contributed by atoms with Crippen LogP contribution in [0.15, 0.2) is 53.0 Å². The molecule has 2 heterocycles. The first-order chi connectivity index (χ1) is 15.6. The van der Waals surface area contributed by atoms with Crippen molar-refractivity contribution in [2.45, 2.75) is 17.8 Å². The number of halogens is 1. The van der Waals surface area contributed by atoms with Gasteiger partial charge in [0.2, 0.25) is 5.16 Å². The van der Waals surface area contributed by atoms with Crippen LogP contribution in [0.4, 0.5) is 4.39 Å². The van der Waals surface area contributed by atoms with E-state index in [0.717, 1.165) is 27.6 Å². The molecular formula is C23H21FN4O2S2. The molecule has 0 aliphatic carbocycles. The molecule has 4 aromatic rings. The van der Waals surface area contributed by atoms with Gasteiger partial charge in [0.05, 0.1) is 19.4 Å². The van der Waals surface area contributed by atoms with E-state index >= 15 is 0 Å². The Bertz CT molecular complexity index is 1200. The Balaban J connectivity index is 1.37. The molecule has 0 radical (unpaired) electrons. The van der Waals surface area contributed by atoms with Gasteiger partial charge in [0, 0.05) is 16.7 Å². The van der Waals surface area contributed by atoms with Gasteiger partial charge in [-0.15, -0.1) is 16.4 Å². The highest BCUT2D eigenvalue weighted by molar-refractivity contribution is 7.98. The van der Waals surface area contributed by atoms with E-state index in [2.05, 4.69) is 15.2 Å². The van der Waals surface area contributed by atoms with E-state index in [-0.39, 0.29) is 5.82 Å². The Labute approximate surface area is 193 Å². The number of benzene rings is 2. The maximum atomic E-state index is 13.0. The van der Waals surface area contributed by atoms with Crippen LogP contribution >= 0.6 is 23.1 Å². The Kier molecular flexibility index (Phi) is 7.18. The van der Waals surface area contributed by atoms with Crippen molar-refractivity contribution in [2.24, 2.45) is 0 Å². The van der Waals surface area contributed by atoms with E-state index in [9.17, 15) is 4.39 Å². The average Bonchev–Trinajstić information content (AvgIpc) is 3.47. The fourth-order valence-electron chi connectivity index (χ4n) is 2.87. The van der Waals surface area contributed by atoms with Crippen molar-refractivity contribution in [3.63, 3.8) is 0 Å². The zero-order valence-corrected chi connectivity index (χ0v) is 19.2. The van der Waals surface area contributed by atoms with E-state index in [1.807, 2.05) is 42.7 Å². The van der Waals surface area contributed by atoms with Gasteiger partial charge in [-0.1, -0.05) is 30.0 Å². The summed E-state index contributed by atoms with van der Waals surface area (Å²) in [4.78, 5) is 9.18. The first kappa shape index (κ1) is 22.0. The smallest absolute Gasteiger partial charge is 0.209 e. The Morgan fingerprint density at radius 1 is 1.09 bits per heavy atom. The topological polar surface area (TPSA) is 72.9 Å². The third-order valence-corrected chi connectivity index (χ3v) is 6.22. The largest absolute Gasteiger partial charge is 0.493 e. The molecule has 0 spiro atoms. The Hall–Kier alpha value is -3.17. The number of aromatic nitrogens is 4. The zero-order chi connectivity index (χ0) is 22.3. The monoisotopic (exact) mass is 468 g/mol. The number of rotatable bonds is 9. The number of H-pyrrole nitrogens is 1. The van der Waals surface area contributed by atoms with Crippen LogP contribution in [-0.2, 0) is 5.75 Å². The summed E-state index contributed by atoms with van der Waals surface area (Å²) in [6, 6.07) is 12.1. The number of methoxy groups -OCH3 is 1. The molecule has 1 N–H and O–H groups in total. The van der Waals surface area contributed by atoms with Gasteiger partial charge >= 0.3 is 0 Å². The molecule has 0 saturated carbocycles. The molecule has 9 heteroatoms. The zero-order valence-electron chi connectivity index (χ0n) is 17.5. The number of ether oxygens (including phenoxy) is 2. The third-order valence-electron chi connectivity index (χ3n) is 4.40. The molecule has 6 nitrogen and oxygen atoms in total. The highest BCUT2D eigenvalue weighted by Crippen LogP contribution is 2.34. The number of thioether (sulfide) groups is 1. The Morgan fingerprint density at radius 3 is 2.72 bits per heavy atom. The minimum Gasteiger partial charge on any atom is -0.493 e. The molecule has 0 amide bonds. The van der Waals surface area contributed by atoms with Gasteiger partial charge in [0.15, 0.2) is 11.5 Å². The van der Waals surface area contributed by atoms with Crippen molar-refractivity contribution < 1.29 is 13.9 Å². The Morgan fingerprint density at radius 2 is 1.94 bits per heavy atom. The van der Waals surface area contributed by atoms with Crippen molar-refractivity contribution in [3.8, 4) is 22.1 Å². The van der Waals surface area contributed by atoms with Gasteiger partial charge in [-0.25, -0.2) is 14.4 Å². The fraction of sp³-hybridized carbons (Fsp3) is 0.174. The van der Waals surface area contributed by atoms with Crippen molar-refractivity contribution in [1.82, 2.24) is 20.2 Å². The lowest BCUT2D eigenvalue weighted by Gasteiger charge is -2.09. The summed E-state index contributed by atoms with van der Waals surface area (Å²) in [6.45, 7) is 2.52. The molecule has 2 aromatic heterocycles. The van der Waals surface area contributed by atoms with Crippen LogP contribution in [0.1, 0.15) is 24.0 Å². The number of nitrogens with zero attached hydrogens (tertiary/aromatic N) is 3. The molecule has 164 valence electrons. The molecule has 0 fully saturated rings. The lowest BCUT2D eigenvalue weighted by Crippen LogP contribution is -1.95. The van der Waals surface area contributed by atoms with Gasteiger partial charge in [0.25, 0.3) is 0 Å². The molecule has 0 aliphatic rings. The van der Waals surface area contributed by atoms with Gasteiger partial charge in [0.1, 0.15) is 16.6 Å². The van der Waals surface area contributed by atoms with Crippen LogP contribution in [0.3, 0.4) is 0 Å². The SMILES string of the molecule is CCOc1ccc(-c2nc(CSc3n[nH]c(/C=C/c4ccc(F)cc4)n3)cs2)cc1OC. The van der Waals surface area contributed by atoms with E-state index in [1.165, 1.54) is 23.9 Å². The van der Waals surface area contributed by atoms with Crippen LogP contribution in [0.2, 0.25) is 0 Å². The van der Waals surface area contributed by atoms with Crippen LogP contribution in [0.25, 0.3) is 22.7 Å². The fourth-order valence-corrected chi connectivity index (χ4v) is 4.49. The molecule has 0 bridgehead atoms. The lowest BCUT2D eigenvalue weighted by atomic mass is 10.2. The summed E-state index contributed by atoms with van der Waals surface area (Å²) in [5.41, 5.74) is 2.83. The van der Waals surface area contributed by atoms with E-state index in [1.54, 1.807) is 30.6 Å². The first-order valence-corrected chi connectivity index (χ1v) is 11.8. The molecule has 0 unspecified atom stereocenters. The van der Waals surface area contributed by atoms with E-state index in [0.29, 0.717) is 29.1 Å². The predicted octanol–water partition coefficient (Wildman–Crippen LogP) is 5.94. The number of aromatic amines is 1. The van der Waals surface area contributed by atoms with Crippen LogP contribution in [-0.4, -0.2) is 33.9 Å². The number of nitrogens with one attached hydrogen (secondary N) is 1. The maximum absolute atomic E-state index is 13.0. The second-order valence-electron chi connectivity index (χ2n) is 6.62. The highest BCUT2D eigenvalue weighted by atomic mass is 32.2. The van der Waals surface area contributed by atoms with Crippen molar-refractivity contribution in [3.05, 3.63) is 70.7 Å². The highest BCUT2D eigenvalue weighted by Gasteiger charge is 2.11. The van der Waals surface area contributed by atoms with Crippen LogP contribution in [0, 0.1) is 5.82 Å². The molecule has 0 aliphatic heterocycles. The molecule has 0 atom stereocenters. The molecule has 4 rings (SSSR count). The predicted molar refractivity (Wildman–Crippen MR) is 127 cm³/mol. The number of hydrogen-bond donors (Lipinski definition) is 1. The number of thiazole rings is 1. The lowest BCUT2D eigenvalue weighted by molar-refractivity contribution is 0.311. The second-order valence-corrected chi connectivity index (χ2v) is 8.42. The van der Waals surface area contributed by atoms with Crippen LogP contribution < -0.4 is 9.47 Å².